The second kappa shape index (κ2) is 4.39. The average molecular weight is 219 g/mol. The Morgan fingerprint density at radius 1 is 1.25 bits per heavy atom. The smallest absolute Gasteiger partial charge is 0.146 e. The highest BCUT2D eigenvalue weighted by Gasteiger charge is 2.05. The quantitative estimate of drug-likeness (QED) is 0.852. The van der Waals surface area contributed by atoms with Crippen molar-refractivity contribution >= 4 is 5.69 Å². The highest BCUT2D eigenvalue weighted by atomic mass is 19.1. The van der Waals surface area contributed by atoms with E-state index in [1.165, 1.54) is 6.07 Å². The van der Waals surface area contributed by atoms with Crippen molar-refractivity contribution in [1.29, 1.82) is 0 Å². The Morgan fingerprint density at radius 3 is 2.62 bits per heavy atom. The van der Waals surface area contributed by atoms with E-state index < -0.39 is 0 Å². The Kier molecular flexibility index (Phi) is 2.95. The molecular formula is C13H14FNO. The van der Waals surface area contributed by atoms with E-state index in [1.807, 2.05) is 19.9 Å². The Hall–Kier alpha value is -1.77. The van der Waals surface area contributed by atoms with Gasteiger partial charge in [-0.15, -0.1) is 0 Å². The van der Waals surface area contributed by atoms with Crippen LogP contribution in [0.4, 0.5) is 10.1 Å². The monoisotopic (exact) mass is 219 g/mol. The van der Waals surface area contributed by atoms with Gasteiger partial charge in [0.1, 0.15) is 17.3 Å². The van der Waals surface area contributed by atoms with Crippen LogP contribution < -0.4 is 5.32 Å². The van der Waals surface area contributed by atoms with Gasteiger partial charge < -0.3 is 9.73 Å². The van der Waals surface area contributed by atoms with Crippen molar-refractivity contribution in [3.05, 3.63) is 53.2 Å². The number of para-hydroxylation sites is 1. The molecule has 0 fully saturated rings. The molecule has 16 heavy (non-hydrogen) atoms. The normalized spacial score (nSPS) is 10.4. The predicted molar refractivity (Wildman–Crippen MR) is 61.9 cm³/mol. The van der Waals surface area contributed by atoms with E-state index in [9.17, 15) is 4.39 Å². The van der Waals surface area contributed by atoms with Gasteiger partial charge in [0, 0.05) is 12.1 Å². The molecule has 3 heteroatoms. The first-order valence-electron chi connectivity index (χ1n) is 5.21. The summed E-state index contributed by atoms with van der Waals surface area (Å²) in [6.07, 6.45) is 0. The third-order valence-electron chi connectivity index (χ3n) is 2.49. The molecule has 1 aromatic carbocycles. The van der Waals surface area contributed by atoms with E-state index in [2.05, 4.69) is 5.32 Å². The maximum Gasteiger partial charge on any atom is 0.146 e. The number of halogens is 1. The Bertz CT molecular complexity index is 490. The number of anilines is 1. The van der Waals surface area contributed by atoms with Gasteiger partial charge in [-0.25, -0.2) is 4.39 Å². The largest absolute Gasteiger partial charge is 0.466 e. The van der Waals surface area contributed by atoms with E-state index in [4.69, 9.17) is 4.42 Å². The molecule has 0 atom stereocenters. The minimum atomic E-state index is -0.236. The van der Waals surface area contributed by atoms with E-state index in [0.717, 1.165) is 17.1 Å². The average Bonchev–Trinajstić information content (AvgIpc) is 2.56. The van der Waals surface area contributed by atoms with Gasteiger partial charge in [-0.05, 0) is 32.0 Å². The first-order valence-corrected chi connectivity index (χ1v) is 5.21. The Labute approximate surface area is 94.1 Å². The van der Waals surface area contributed by atoms with Crippen molar-refractivity contribution in [3.63, 3.8) is 0 Å². The lowest BCUT2D eigenvalue weighted by Gasteiger charge is -2.06. The van der Waals surface area contributed by atoms with Crippen molar-refractivity contribution in [2.45, 2.75) is 20.4 Å². The van der Waals surface area contributed by atoms with Gasteiger partial charge in [-0.2, -0.15) is 0 Å². The molecule has 1 heterocycles. The zero-order chi connectivity index (χ0) is 11.5. The summed E-state index contributed by atoms with van der Waals surface area (Å²) in [5.41, 5.74) is 1.57. The van der Waals surface area contributed by atoms with Crippen molar-refractivity contribution in [3.8, 4) is 0 Å². The van der Waals surface area contributed by atoms with Gasteiger partial charge >= 0.3 is 0 Å². The van der Waals surface area contributed by atoms with E-state index >= 15 is 0 Å². The van der Waals surface area contributed by atoms with Crippen LogP contribution in [0.3, 0.4) is 0 Å². The molecule has 0 saturated heterocycles. The molecule has 2 aromatic rings. The lowest BCUT2D eigenvalue weighted by molar-refractivity contribution is 0.501. The van der Waals surface area contributed by atoms with Gasteiger partial charge in [0.25, 0.3) is 0 Å². The number of hydrogen-bond acceptors (Lipinski definition) is 2. The van der Waals surface area contributed by atoms with Crippen molar-refractivity contribution in [2.24, 2.45) is 0 Å². The third-order valence-corrected chi connectivity index (χ3v) is 2.49. The second-order valence-corrected chi connectivity index (χ2v) is 3.77. The van der Waals surface area contributed by atoms with Gasteiger partial charge in [-0.3, -0.25) is 0 Å². The fourth-order valence-corrected chi connectivity index (χ4v) is 1.65. The number of hydrogen-bond donors (Lipinski definition) is 1. The lowest BCUT2D eigenvalue weighted by Crippen LogP contribution is -2.01. The highest BCUT2D eigenvalue weighted by molar-refractivity contribution is 5.45. The number of aryl methyl sites for hydroxylation is 2. The van der Waals surface area contributed by atoms with E-state index in [-0.39, 0.29) is 5.82 Å². The molecule has 2 rings (SSSR count). The molecule has 0 spiro atoms. The van der Waals surface area contributed by atoms with Crippen LogP contribution in [0.1, 0.15) is 17.1 Å². The summed E-state index contributed by atoms with van der Waals surface area (Å²) in [6, 6.07) is 8.60. The van der Waals surface area contributed by atoms with Gasteiger partial charge in [0.15, 0.2) is 0 Å². The summed E-state index contributed by atoms with van der Waals surface area (Å²) in [5, 5.41) is 3.05. The minimum Gasteiger partial charge on any atom is -0.466 e. The number of benzene rings is 1. The first-order chi connectivity index (χ1) is 7.66. The second-order valence-electron chi connectivity index (χ2n) is 3.77. The molecule has 1 aromatic heterocycles. The predicted octanol–water partition coefficient (Wildman–Crippen LogP) is 3.65. The highest BCUT2D eigenvalue weighted by Crippen LogP contribution is 2.17. The molecule has 1 N–H and O–H groups in total. The number of rotatable bonds is 3. The molecule has 0 aliphatic carbocycles. The number of nitrogens with one attached hydrogen (secondary N) is 1. The van der Waals surface area contributed by atoms with Crippen LogP contribution in [0, 0.1) is 19.7 Å². The van der Waals surface area contributed by atoms with Crippen LogP contribution >= 0.6 is 0 Å². The fourth-order valence-electron chi connectivity index (χ4n) is 1.65. The zero-order valence-electron chi connectivity index (χ0n) is 9.38. The maximum atomic E-state index is 13.3. The molecule has 0 bridgehead atoms. The van der Waals surface area contributed by atoms with Gasteiger partial charge in [-0.1, -0.05) is 12.1 Å². The first kappa shape index (κ1) is 10.7. The van der Waals surface area contributed by atoms with Gasteiger partial charge in [0.05, 0.1) is 5.69 Å². The SMILES string of the molecule is Cc1cc(CNc2ccccc2F)c(C)o1. The molecule has 0 unspecified atom stereocenters. The molecule has 0 aliphatic heterocycles. The fraction of sp³-hybridized carbons (Fsp3) is 0.231. The van der Waals surface area contributed by atoms with Crippen LogP contribution in [0.5, 0.6) is 0 Å². The van der Waals surface area contributed by atoms with Crippen LogP contribution in [0.15, 0.2) is 34.7 Å². The van der Waals surface area contributed by atoms with Crippen LogP contribution in [-0.2, 0) is 6.54 Å². The zero-order valence-corrected chi connectivity index (χ0v) is 9.38. The van der Waals surface area contributed by atoms with E-state index in [1.54, 1.807) is 18.2 Å². The molecule has 0 radical (unpaired) electrons. The molecule has 0 aliphatic rings. The molecule has 2 nitrogen and oxygen atoms in total. The summed E-state index contributed by atoms with van der Waals surface area (Å²) in [6.45, 7) is 4.38. The minimum absolute atomic E-state index is 0.236. The standard InChI is InChI=1S/C13H14FNO/c1-9-7-11(10(2)16-9)8-15-13-6-4-3-5-12(13)14/h3-7,15H,8H2,1-2H3. The molecule has 0 amide bonds. The van der Waals surface area contributed by atoms with Crippen molar-refractivity contribution < 1.29 is 8.81 Å². The summed E-state index contributed by atoms with van der Waals surface area (Å²) < 4.78 is 18.7. The van der Waals surface area contributed by atoms with E-state index in [0.29, 0.717) is 12.2 Å². The molecular weight excluding hydrogens is 205 g/mol. The lowest BCUT2D eigenvalue weighted by atomic mass is 10.2. The molecule has 84 valence electrons. The third kappa shape index (κ3) is 2.24. The summed E-state index contributed by atoms with van der Waals surface area (Å²) in [7, 11) is 0. The molecule has 0 saturated carbocycles. The Morgan fingerprint density at radius 2 is 2.00 bits per heavy atom. The van der Waals surface area contributed by atoms with Crippen molar-refractivity contribution in [1.82, 2.24) is 0 Å². The number of furan rings is 1. The van der Waals surface area contributed by atoms with Crippen molar-refractivity contribution in [2.75, 3.05) is 5.32 Å². The van der Waals surface area contributed by atoms with Gasteiger partial charge in [0.2, 0.25) is 0 Å². The van der Waals surface area contributed by atoms with Crippen LogP contribution in [-0.4, -0.2) is 0 Å². The van der Waals surface area contributed by atoms with Crippen LogP contribution in [0.2, 0.25) is 0 Å². The summed E-state index contributed by atoms with van der Waals surface area (Å²) in [5.74, 6) is 1.52. The summed E-state index contributed by atoms with van der Waals surface area (Å²) >= 11 is 0. The maximum absolute atomic E-state index is 13.3. The Balaban J connectivity index is 2.08. The summed E-state index contributed by atoms with van der Waals surface area (Å²) in [4.78, 5) is 0. The topological polar surface area (TPSA) is 25.2 Å². The van der Waals surface area contributed by atoms with Crippen LogP contribution in [0.25, 0.3) is 0 Å².